The van der Waals surface area contributed by atoms with E-state index in [4.69, 9.17) is 0 Å². The third-order valence-corrected chi connectivity index (χ3v) is 2.85. The predicted molar refractivity (Wildman–Crippen MR) is 103 cm³/mol. The van der Waals surface area contributed by atoms with Gasteiger partial charge >= 0.3 is 0 Å². The maximum absolute atomic E-state index is 3.95. The first kappa shape index (κ1) is 19.4. The van der Waals surface area contributed by atoms with Gasteiger partial charge in [-0.2, -0.15) is 0 Å². The molecule has 0 aromatic heterocycles. The van der Waals surface area contributed by atoms with Crippen molar-refractivity contribution in [3.05, 3.63) is 122 Å². The van der Waals surface area contributed by atoms with Crippen LogP contribution in [-0.4, -0.2) is 0 Å². The number of rotatable bonds is 9. The predicted octanol–water partition coefficient (Wildman–Crippen LogP) is 6.59. The summed E-state index contributed by atoms with van der Waals surface area (Å²) in [6.07, 6.45) is 23.2. The summed E-state index contributed by atoms with van der Waals surface area (Å²) in [7, 11) is 0. The zero-order chi connectivity index (χ0) is 16.8. The van der Waals surface area contributed by atoms with Crippen molar-refractivity contribution < 1.29 is 0 Å². The molecule has 0 aliphatic heterocycles. The van der Waals surface area contributed by atoms with E-state index in [-0.39, 0.29) is 0 Å². The summed E-state index contributed by atoms with van der Waals surface area (Å²) in [5.74, 6) is 0. The molecule has 0 radical (unpaired) electrons. The third-order valence-electron chi connectivity index (χ3n) is 2.85. The lowest BCUT2D eigenvalue weighted by Gasteiger charge is -2.12. The van der Waals surface area contributed by atoms with Crippen LogP contribution in [0.4, 0.5) is 0 Å². The normalized spacial score (nSPS) is 14.5. The van der Waals surface area contributed by atoms with Gasteiger partial charge in [0.15, 0.2) is 0 Å². The van der Waals surface area contributed by atoms with Crippen LogP contribution in [0, 0.1) is 0 Å². The second-order valence-electron chi connectivity index (χ2n) is 4.34. The summed E-state index contributed by atoms with van der Waals surface area (Å²) in [6, 6.07) is 0. The fourth-order valence-electron chi connectivity index (χ4n) is 1.90. The molecule has 0 heteroatoms. The Bertz CT molecular complexity index is 582. The molecule has 22 heavy (non-hydrogen) atoms. The summed E-state index contributed by atoms with van der Waals surface area (Å²) in [5, 5.41) is 0. The van der Waals surface area contributed by atoms with E-state index in [9.17, 15) is 0 Å². The van der Waals surface area contributed by atoms with Crippen molar-refractivity contribution >= 4 is 0 Å². The van der Waals surface area contributed by atoms with Crippen LogP contribution in [0.1, 0.15) is 13.8 Å². The van der Waals surface area contributed by atoms with Crippen LogP contribution >= 0.6 is 0 Å². The first-order valence-electron chi connectivity index (χ1n) is 7.27. The highest BCUT2D eigenvalue weighted by atomic mass is 14.1. The Balaban J connectivity index is 6.53. The Labute approximate surface area is 136 Å². The Morgan fingerprint density at radius 2 is 1.36 bits per heavy atom. The minimum absolute atomic E-state index is 0.976. The highest BCUT2D eigenvalue weighted by molar-refractivity contribution is 5.61. The average molecular weight is 290 g/mol. The van der Waals surface area contributed by atoms with Crippen LogP contribution in [0.2, 0.25) is 0 Å². The number of allylic oxidation sites excluding steroid dienone is 16. The molecule has 0 aliphatic carbocycles. The third kappa shape index (κ3) is 6.23. The molecule has 0 unspecified atom stereocenters. The van der Waals surface area contributed by atoms with Crippen molar-refractivity contribution in [1.82, 2.24) is 0 Å². The zero-order valence-electron chi connectivity index (χ0n) is 13.8. The molecule has 0 N–H and O–H groups in total. The van der Waals surface area contributed by atoms with E-state index < -0.39 is 0 Å². The van der Waals surface area contributed by atoms with E-state index in [1.807, 2.05) is 62.5 Å². The molecular formula is C22H26. The van der Waals surface area contributed by atoms with Crippen molar-refractivity contribution in [2.24, 2.45) is 0 Å². The highest BCUT2D eigenvalue weighted by Gasteiger charge is 2.07. The van der Waals surface area contributed by atoms with Crippen LogP contribution in [0.3, 0.4) is 0 Å². The zero-order valence-corrected chi connectivity index (χ0v) is 13.8. The fourth-order valence-corrected chi connectivity index (χ4v) is 1.90. The van der Waals surface area contributed by atoms with Gasteiger partial charge in [0.1, 0.15) is 0 Å². The molecule has 0 rings (SSSR count). The Morgan fingerprint density at radius 1 is 0.636 bits per heavy atom. The molecule has 0 spiro atoms. The lowest BCUT2D eigenvalue weighted by molar-refractivity contribution is 1.42. The van der Waals surface area contributed by atoms with E-state index in [2.05, 4.69) is 38.5 Å². The summed E-state index contributed by atoms with van der Waals surface area (Å²) in [5.41, 5.74) is 4.12. The van der Waals surface area contributed by atoms with Crippen LogP contribution in [0.25, 0.3) is 0 Å². The summed E-state index contributed by atoms with van der Waals surface area (Å²) >= 11 is 0. The fraction of sp³-hybridized carbons (Fsp3) is 0.0909. The Hall–Kier alpha value is -2.60. The van der Waals surface area contributed by atoms with Gasteiger partial charge < -0.3 is 0 Å². The molecule has 0 amide bonds. The minimum Gasteiger partial charge on any atom is -0.0991 e. The van der Waals surface area contributed by atoms with Crippen LogP contribution in [-0.2, 0) is 0 Å². The highest BCUT2D eigenvalue weighted by Crippen LogP contribution is 2.25. The molecular weight excluding hydrogens is 264 g/mol. The lowest BCUT2D eigenvalue weighted by atomic mass is 9.92. The van der Waals surface area contributed by atoms with E-state index in [0.29, 0.717) is 0 Å². The monoisotopic (exact) mass is 290 g/mol. The van der Waals surface area contributed by atoms with Gasteiger partial charge in [-0.1, -0.05) is 99.2 Å². The molecule has 0 fully saturated rings. The van der Waals surface area contributed by atoms with E-state index in [1.165, 1.54) is 0 Å². The van der Waals surface area contributed by atoms with Gasteiger partial charge in [0.05, 0.1) is 0 Å². The van der Waals surface area contributed by atoms with E-state index >= 15 is 0 Å². The first-order valence-corrected chi connectivity index (χ1v) is 7.27. The van der Waals surface area contributed by atoms with Gasteiger partial charge in [-0.3, -0.25) is 0 Å². The smallest absolute Gasteiger partial charge is 0.0106 e. The standard InChI is InChI=1S/C22H26/c1-7-13-17-20(16-10-4)22(18-14-8-2)21(12-6)19(11-5)15-9-3/h7-18H,2-3,5-6H2,1,4H3/b13-7-,16-10-,18-14-,19-15+,20-17-,22-21-. The Kier molecular flexibility index (Phi) is 10.7. The SMILES string of the molecule is C=C\C=C/C(C(/C=C\C)=C\C=C/C)=C(C=C)/C(C=C)=C/C=C. The van der Waals surface area contributed by atoms with Crippen molar-refractivity contribution in [3.63, 3.8) is 0 Å². The van der Waals surface area contributed by atoms with E-state index in [0.717, 1.165) is 22.3 Å². The molecule has 0 aromatic rings. The topological polar surface area (TPSA) is 0 Å². The maximum atomic E-state index is 3.95. The van der Waals surface area contributed by atoms with Crippen molar-refractivity contribution in [2.75, 3.05) is 0 Å². The van der Waals surface area contributed by atoms with Crippen molar-refractivity contribution in [3.8, 4) is 0 Å². The largest absolute Gasteiger partial charge is 0.0991 e. The molecule has 0 aliphatic rings. The minimum atomic E-state index is 0.976. The average Bonchev–Trinajstić information content (AvgIpc) is 2.54. The van der Waals surface area contributed by atoms with Crippen LogP contribution in [0.5, 0.6) is 0 Å². The van der Waals surface area contributed by atoms with Crippen molar-refractivity contribution in [1.29, 1.82) is 0 Å². The van der Waals surface area contributed by atoms with Crippen LogP contribution in [0.15, 0.2) is 122 Å². The maximum Gasteiger partial charge on any atom is -0.0106 e. The molecule has 0 saturated heterocycles. The molecule has 0 saturated carbocycles. The molecule has 0 bridgehead atoms. The first-order chi connectivity index (χ1) is 10.7. The van der Waals surface area contributed by atoms with Gasteiger partial charge in [-0.25, -0.2) is 0 Å². The molecule has 0 aromatic carbocycles. The number of hydrogen-bond acceptors (Lipinski definition) is 0. The second kappa shape index (κ2) is 12.2. The molecule has 0 atom stereocenters. The van der Waals surface area contributed by atoms with Gasteiger partial charge in [0, 0.05) is 0 Å². The lowest BCUT2D eigenvalue weighted by Crippen LogP contribution is -1.93. The summed E-state index contributed by atoms with van der Waals surface area (Å²) < 4.78 is 0. The second-order valence-corrected chi connectivity index (χ2v) is 4.34. The van der Waals surface area contributed by atoms with Gasteiger partial charge in [-0.05, 0) is 36.1 Å². The quantitative estimate of drug-likeness (QED) is 0.420. The summed E-state index contributed by atoms with van der Waals surface area (Å²) in [6.45, 7) is 19.3. The van der Waals surface area contributed by atoms with Gasteiger partial charge in [0.2, 0.25) is 0 Å². The van der Waals surface area contributed by atoms with Crippen molar-refractivity contribution in [2.45, 2.75) is 13.8 Å². The molecule has 0 nitrogen and oxygen atoms in total. The molecule has 114 valence electrons. The molecule has 0 heterocycles. The summed E-state index contributed by atoms with van der Waals surface area (Å²) in [4.78, 5) is 0. The van der Waals surface area contributed by atoms with E-state index in [1.54, 1.807) is 12.2 Å². The Morgan fingerprint density at radius 3 is 1.82 bits per heavy atom. The van der Waals surface area contributed by atoms with Crippen LogP contribution < -0.4 is 0 Å². The van der Waals surface area contributed by atoms with Gasteiger partial charge in [-0.15, -0.1) is 0 Å². The van der Waals surface area contributed by atoms with Gasteiger partial charge in [0.25, 0.3) is 0 Å². The number of hydrogen-bond donors (Lipinski definition) is 0.